The molecule has 29 heavy (non-hydrogen) atoms. The summed E-state index contributed by atoms with van der Waals surface area (Å²) < 4.78 is 0.977. The number of halogens is 2. The van der Waals surface area contributed by atoms with E-state index in [0.717, 1.165) is 32.6 Å². The number of amides is 1. The van der Waals surface area contributed by atoms with Crippen molar-refractivity contribution >= 4 is 44.9 Å². The van der Waals surface area contributed by atoms with Crippen LogP contribution in [0.2, 0.25) is 5.02 Å². The Morgan fingerprint density at radius 3 is 2.45 bits per heavy atom. The van der Waals surface area contributed by atoms with Crippen molar-refractivity contribution in [2.24, 2.45) is 5.41 Å². The van der Waals surface area contributed by atoms with Crippen LogP contribution in [0.3, 0.4) is 0 Å². The van der Waals surface area contributed by atoms with E-state index in [1.165, 1.54) is 0 Å². The average Bonchev–Trinajstić information content (AvgIpc) is 2.63. The fraction of sp³-hybridized carbons (Fsp3) is 0.333. The molecule has 150 valence electrons. The Kier molecular flexibility index (Phi) is 5.20. The molecule has 1 unspecified atom stereocenters. The Bertz CT molecular complexity index is 1040. The number of allylic oxidation sites excluding steroid dienone is 2. The monoisotopic (exact) mass is 471 g/mol. The van der Waals surface area contributed by atoms with Crippen LogP contribution in [0, 0.1) is 12.3 Å². The van der Waals surface area contributed by atoms with E-state index in [-0.39, 0.29) is 29.4 Å². The van der Waals surface area contributed by atoms with Gasteiger partial charge in [-0.15, -0.1) is 0 Å². The summed E-state index contributed by atoms with van der Waals surface area (Å²) in [6, 6.07) is 13.5. The lowest BCUT2D eigenvalue weighted by molar-refractivity contribution is -0.121. The minimum atomic E-state index is -0.204. The molecule has 1 aliphatic heterocycles. The van der Waals surface area contributed by atoms with E-state index in [2.05, 4.69) is 29.8 Å². The van der Waals surface area contributed by atoms with Gasteiger partial charge < -0.3 is 0 Å². The smallest absolute Gasteiger partial charge is 0.232 e. The van der Waals surface area contributed by atoms with Crippen molar-refractivity contribution in [1.82, 2.24) is 0 Å². The maximum absolute atomic E-state index is 13.4. The Morgan fingerprint density at radius 2 is 1.76 bits per heavy atom. The van der Waals surface area contributed by atoms with Crippen molar-refractivity contribution in [3.05, 3.63) is 74.4 Å². The van der Waals surface area contributed by atoms with Gasteiger partial charge in [-0.2, -0.15) is 0 Å². The molecule has 5 heteroatoms. The first-order valence-corrected chi connectivity index (χ1v) is 10.9. The molecule has 0 spiro atoms. The second-order valence-corrected chi connectivity index (χ2v) is 10.1. The van der Waals surface area contributed by atoms with Crippen LogP contribution in [0.4, 0.5) is 5.69 Å². The largest absolute Gasteiger partial charge is 0.294 e. The number of carbonyl (C=O) groups excluding carboxylic acids is 2. The molecule has 0 saturated carbocycles. The minimum absolute atomic E-state index is 0.00698. The van der Waals surface area contributed by atoms with E-state index in [1.54, 1.807) is 4.90 Å². The van der Waals surface area contributed by atoms with Gasteiger partial charge in [0.15, 0.2) is 5.78 Å². The van der Waals surface area contributed by atoms with Gasteiger partial charge in [0, 0.05) is 39.5 Å². The highest BCUT2D eigenvalue weighted by atomic mass is 79.9. The first kappa shape index (κ1) is 20.4. The van der Waals surface area contributed by atoms with Crippen LogP contribution >= 0.6 is 27.5 Å². The Morgan fingerprint density at radius 1 is 1.07 bits per heavy atom. The number of ketones is 1. The van der Waals surface area contributed by atoms with Crippen molar-refractivity contribution in [2.75, 3.05) is 4.90 Å². The molecule has 0 aromatic heterocycles. The van der Waals surface area contributed by atoms with Crippen LogP contribution in [0.25, 0.3) is 0 Å². The maximum atomic E-state index is 13.4. The topological polar surface area (TPSA) is 37.4 Å². The molecular formula is C24H23BrClNO2. The number of hydrogen-bond acceptors (Lipinski definition) is 2. The van der Waals surface area contributed by atoms with Gasteiger partial charge in [0.1, 0.15) is 0 Å². The summed E-state index contributed by atoms with van der Waals surface area (Å²) in [6.45, 7) is 6.15. The molecule has 4 rings (SSSR count). The molecule has 1 heterocycles. The Balaban J connectivity index is 1.92. The summed E-state index contributed by atoms with van der Waals surface area (Å²) in [7, 11) is 0. The molecule has 1 aliphatic carbocycles. The molecule has 0 fully saturated rings. The van der Waals surface area contributed by atoms with E-state index in [1.807, 2.05) is 49.4 Å². The first-order valence-electron chi connectivity index (χ1n) is 9.77. The summed E-state index contributed by atoms with van der Waals surface area (Å²) in [5.41, 5.74) is 4.17. The average molecular weight is 473 g/mol. The van der Waals surface area contributed by atoms with Gasteiger partial charge in [-0.3, -0.25) is 14.5 Å². The van der Waals surface area contributed by atoms with Crippen molar-refractivity contribution in [1.29, 1.82) is 0 Å². The second-order valence-electron chi connectivity index (χ2n) is 8.77. The highest BCUT2D eigenvalue weighted by Gasteiger charge is 2.44. The van der Waals surface area contributed by atoms with Crippen molar-refractivity contribution < 1.29 is 9.59 Å². The summed E-state index contributed by atoms with van der Waals surface area (Å²) in [5.74, 6) is -0.0566. The summed E-state index contributed by atoms with van der Waals surface area (Å²) in [5, 5.41) is 0.581. The van der Waals surface area contributed by atoms with E-state index < -0.39 is 0 Å². The summed E-state index contributed by atoms with van der Waals surface area (Å²) >= 11 is 9.72. The third kappa shape index (κ3) is 3.80. The van der Waals surface area contributed by atoms with Gasteiger partial charge in [0.25, 0.3) is 0 Å². The fourth-order valence-corrected chi connectivity index (χ4v) is 4.93. The van der Waals surface area contributed by atoms with Crippen molar-refractivity contribution in [3.8, 4) is 0 Å². The van der Waals surface area contributed by atoms with Crippen LogP contribution in [-0.2, 0) is 9.59 Å². The SMILES string of the molecule is Cc1ccc(Cl)cc1N1C(=O)CC(c2ccc(Br)cc2)C2=C1CC(C)(C)CC2=O. The van der Waals surface area contributed by atoms with Crippen LogP contribution in [0.1, 0.15) is 50.2 Å². The third-order valence-corrected chi connectivity index (χ3v) is 6.59. The molecule has 2 aromatic carbocycles. The number of nitrogens with zero attached hydrogens (tertiary/aromatic N) is 1. The number of carbonyl (C=O) groups is 2. The molecular weight excluding hydrogens is 450 g/mol. The lowest BCUT2D eigenvalue weighted by Crippen LogP contribution is -2.44. The van der Waals surface area contributed by atoms with Crippen LogP contribution < -0.4 is 4.90 Å². The number of Topliss-reactive ketones (excluding diaryl/α,β-unsaturated/α-hetero) is 1. The molecule has 0 radical (unpaired) electrons. The number of anilines is 1. The fourth-order valence-electron chi connectivity index (χ4n) is 4.50. The van der Waals surface area contributed by atoms with Crippen LogP contribution in [0.5, 0.6) is 0 Å². The number of rotatable bonds is 2. The van der Waals surface area contributed by atoms with Crippen LogP contribution in [0.15, 0.2) is 58.2 Å². The number of benzene rings is 2. The Hall–Kier alpha value is -1.91. The molecule has 0 saturated heterocycles. The standard InChI is InChI=1S/C24H23BrClNO2/c1-14-4-9-17(26)10-19(14)27-20-12-24(2,3)13-21(28)23(20)18(11-22(27)29)15-5-7-16(25)8-6-15/h4-10,18H,11-13H2,1-3H3. The minimum Gasteiger partial charge on any atom is -0.294 e. The molecule has 1 atom stereocenters. The predicted octanol–water partition coefficient (Wildman–Crippen LogP) is 6.57. The molecule has 1 amide bonds. The van der Waals surface area contributed by atoms with Gasteiger partial charge >= 0.3 is 0 Å². The first-order chi connectivity index (χ1) is 13.7. The van der Waals surface area contributed by atoms with Gasteiger partial charge in [-0.05, 0) is 54.2 Å². The molecule has 0 bridgehead atoms. The van der Waals surface area contributed by atoms with E-state index in [0.29, 0.717) is 17.9 Å². The Labute approximate surface area is 184 Å². The van der Waals surface area contributed by atoms with Crippen LogP contribution in [-0.4, -0.2) is 11.7 Å². The van der Waals surface area contributed by atoms with Crippen molar-refractivity contribution in [2.45, 2.75) is 46.0 Å². The highest BCUT2D eigenvalue weighted by Crippen LogP contribution is 2.48. The molecule has 0 N–H and O–H groups in total. The summed E-state index contributed by atoms with van der Waals surface area (Å²) in [4.78, 5) is 28.5. The van der Waals surface area contributed by atoms with E-state index in [4.69, 9.17) is 11.6 Å². The van der Waals surface area contributed by atoms with Gasteiger partial charge in [0.05, 0.1) is 5.69 Å². The summed E-state index contributed by atoms with van der Waals surface area (Å²) in [6.07, 6.45) is 1.45. The van der Waals surface area contributed by atoms with Crippen molar-refractivity contribution in [3.63, 3.8) is 0 Å². The number of aryl methyl sites for hydroxylation is 1. The van der Waals surface area contributed by atoms with Gasteiger partial charge in [-0.25, -0.2) is 0 Å². The third-order valence-electron chi connectivity index (χ3n) is 5.83. The normalized spacial score (nSPS) is 21.4. The lowest BCUT2D eigenvalue weighted by atomic mass is 9.69. The lowest BCUT2D eigenvalue weighted by Gasteiger charge is -2.43. The van der Waals surface area contributed by atoms with E-state index >= 15 is 0 Å². The van der Waals surface area contributed by atoms with Gasteiger partial charge in [0.2, 0.25) is 5.91 Å². The van der Waals surface area contributed by atoms with Gasteiger partial charge in [-0.1, -0.05) is 59.6 Å². The molecule has 2 aromatic rings. The highest BCUT2D eigenvalue weighted by molar-refractivity contribution is 9.10. The van der Waals surface area contributed by atoms with E-state index in [9.17, 15) is 9.59 Å². The second kappa shape index (κ2) is 7.41. The zero-order chi connectivity index (χ0) is 20.9. The quantitative estimate of drug-likeness (QED) is 0.495. The zero-order valence-electron chi connectivity index (χ0n) is 16.8. The molecule has 3 nitrogen and oxygen atoms in total. The number of hydrogen-bond donors (Lipinski definition) is 0. The predicted molar refractivity (Wildman–Crippen MR) is 120 cm³/mol. The molecule has 2 aliphatic rings. The maximum Gasteiger partial charge on any atom is 0.232 e. The zero-order valence-corrected chi connectivity index (χ0v) is 19.1.